The van der Waals surface area contributed by atoms with Crippen molar-refractivity contribution in [2.75, 3.05) is 5.75 Å². The third kappa shape index (κ3) is 5.45. The fourth-order valence-electron chi connectivity index (χ4n) is 2.31. The summed E-state index contributed by atoms with van der Waals surface area (Å²) in [5.74, 6) is -3.14. The summed E-state index contributed by atoms with van der Waals surface area (Å²) in [5, 5.41) is 2.34. The molecule has 2 amide bonds. The van der Waals surface area contributed by atoms with E-state index >= 15 is 0 Å². The van der Waals surface area contributed by atoms with Crippen molar-refractivity contribution < 1.29 is 22.6 Å². The maximum atomic E-state index is 13.6. The second kappa shape index (κ2) is 9.19. The normalized spacial score (nSPS) is 13.0. The number of rotatable bonds is 8. The Morgan fingerprint density at radius 1 is 1.04 bits per heavy atom. The Bertz CT molecular complexity index is 795. The molecule has 138 valence electrons. The molecule has 0 unspecified atom stereocenters. The lowest BCUT2D eigenvalue weighted by molar-refractivity contribution is -0.127. The lowest BCUT2D eigenvalue weighted by Crippen LogP contribution is -2.45. The SMILES string of the molecule is NC(=O)[C@H](CC[S@](=O)c1ccccc1)NC(=O)Cc1c(F)cccc1F. The Balaban J connectivity index is 1.96. The molecule has 2 aromatic rings. The van der Waals surface area contributed by atoms with Crippen LogP contribution in [0, 0.1) is 11.6 Å². The Kier molecular flexibility index (Phi) is 6.97. The van der Waals surface area contributed by atoms with Gasteiger partial charge in [-0.15, -0.1) is 0 Å². The molecule has 0 aliphatic carbocycles. The maximum absolute atomic E-state index is 13.6. The van der Waals surface area contributed by atoms with E-state index in [1.807, 2.05) is 0 Å². The lowest BCUT2D eigenvalue weighted by atomic mass is 10.1. The molecule has 26 heavy (non-hydrogen) atoms. The largest absolute Gasteiger partial charge is 0.368 e. The standard InChI is InChI=1S/C18H18F2N2O3S/c19-14-7-4-8-15(20)13(14)11-17(23)22-16(18(21)24)9-10-26(25)12-5-2-1-3-6-12/h1-8,16H,9-11H2,(H2,21,24)(H,22,23)/t16-,26-/m0/s1. The smallest absolute Gasteiger partial charge is 0.240 e. The van der Waals surface area contributed by atoms with Gasteiger partial charge < -0.3 is 11.1 Å². The Hall–Kier alpha value is -2.61. The molecule has 0 radical (unpaired) electrons. The van der Waals surface area contributed by atoms with Gasteiger partial charge >= 0.3 is 0 Å². The van der Waals surface area contributed by atoms with E-state index in [1.54, 1.807) is 30.3 Å². The monoisotopic (exact) mass is 380 g/mol. The zero-order valence-electron chi connectivity index (χ0n) is 13.8. The first-order valence-electron chi connectivity index (χ1n) is 7.83. The number of amides is 2. The molecule has 0 aromatic heterocycles. The lowest BCUT2D eigenvalue weighted by Gasteiger charge is -2.15. The van der Waals surface area contributed by atoms with E-state index in [1.165, 1.54) is 6.07 Å². The fraction of sp³-hybridized carbons (Fsp3) is 0.222. The van der Waals surface area contributed by atoms with Crippen molar-refractivity contribution in [1.82, 2.24) is 5.32 Å². The molecule has 2 aromatic carbocycles. The van der Waals surface area contributed by atoms with Crippen LogP contribution >= 0.6 is 0 Å². The number of hydrogen-bond acceptors (Lipinski definition) is 3. The summed E-state index contributed by atoms with van der Waals surface area (Å²) >= 11 is 0. The van der Waals surface area contributed by atoms with Crippen molar-refractivity contribution in [2.24, 2.45) is 5.73 Å². The molecule has 0 saturated carbocycles. The van der Waals surface area contributed by atoms with Gasteiger partial charge in [-0.2, -0.15) is 0 Å². The number of primary amides is 1. The summed E-state index contributed by atoms with van der Waals surface area (Å²) in [5.41, 5.74) is 4.87. The van der Waals surface area contributed by atoms with Crippen molar-refractivity contribution >= 4 is 22.6 Å². The van der Waals surface area contributed by atoms with Crippen LogP contribution in [0.2, 0.25) is 0 Å². The van der Waals surface area contributed by atoms with Crippen molar-refractivity contribution in [1.29, 1.82) is 0 Å². The Labute approximate surface area is 152 Å². The van der Waals surface area contributed by atoms with Crippen LogP contribution in [0.5, 0.6) is 0 Å². The van der Waals surface area contributed by atoms with E-state index in [-0.39, 0.29) is 17.7 Å². The summed E-state index contributed by atoms with van der Waals surface area (Å²) in [7, 11) is -1.36. The van der Waals surface area contributed by atoms with Gasteiger partial charge in [0.2, 0.25) is 11.8 Å². The van der Waals surface area contributed by atoms with Crippen LogP contribution in [-0.4, -0.2) is 27.8 Å². The van der Waals surface area contributed by atoms with Gasteiger partial charge in [-0.25, -0.2) is 8.78 Å². The van der Waals surface area contributed by atoms with Crippen LogP contribution in [0.25, 0.3) is 0 Å². The minimum atomic E-state index is -1.36. The first-order valence-corrected chi connectivity index (χ1v) is 9.15. The molecule has 5 nitrogen and oxygen atoms in total. The highest BCUT2D eigenvalue weighted by molar-refractivity contribution is 7.85. The molecule has 0 spiro atoms. The van der Waals surface area contributed by atoms with E-state index in [0.717, 1.165) is 12.1 Å². The van der Waals surface area contributed by atoms with Crippen molar-refractivity contribution in [3.63, 3.8) is 0 Å². The topological polar surface area (TPSA) is 89.3 Å². The molecule has 0 fully saturated rings. The van der Waals surface area contributed by atoms with E-state index in [0.29, 0.717) is 4.90 Å². The number of carbonyl (C=O) groups excluding carboxylic acids is 2. The number of nitrogens with two attached hydrogens (primary N) is 1. The summed E-state index contributed by atoms with van der Waals surface area (Å²) in [4.78, 5) is 24.1. The van der Waals surface area contributed by atoms with Crippen LogP contribution in [0.15, 0.2) is 53.4 Å². The molecular formula is C18H18F2N2O3S. The predicted octanol–water partition coefficient (Wildman–Crippen LogP) is 1.68. The summed E-state index contributed by atoms with van der Waals surface area (Å²) in [6, 6.07) is 10.8. The van der Waals surface area contributed by atoms with Crippen LogP contribution in [0.1, 0.15) is 12.0 Å². The summed E-state index contributed by atoms with van der Waals surface area (Å²) < 4.78 is 39.4. The minimum Gasteiger partial charge on any atom is -0.368 e. The summed E-state index contributed by atoms with van der Waals surface area (Å²) in [6.07, 6.45) is -0.521. The number of hydrogen-bond donors (Lipinski definition) is 2. The molecule has 0 bridgehead atoms. The first kappa shape index (κ1) is 19.7. The molecule has 8 heteroatoms. The second-order valence-corrected chi connectivity index (χ2v) is 7.12. The zero-order valence-corrected chi connectivity index (χ0v) is 14.6. The number of benzene rings is 2. The van der Waals surface area contributed by atoms with Gasteiger partial charge in [0.1, 0.15) is 17.7 Å². The molecule has 0 aliphatic rings. The molecular weight excluding hydrogens is 362 g/mol. The molecule has 0 aliphatic heterocycles. The van der Waals surface area contributed by atoms with E-state index in [9.17, 15) is 22.6 Å². The second-order valence-electron chi connectivity index (χ2n) is 5.55. The van der Waals surface area contributed by atoms with Crippen molar-refractivity contribution in [2.45, 2.75) is 23.8 Å². The van der Waals surface area contributed by atoms with E-state index in [4.69, 9.17) is 5.73 Å². The molecule has 0 saturated heterocycles. The summed E-state index contributed by atoms with van der Waals surface area (Å²) in [6.45, 7) is 0. The Morgan fingerprint density at radius 3 is 2.23 bits per heavy atom. The average Bonchev–Trinajstić information content (AvgIpc) is 2.62. The van der Waals surface area contributed by atoms with Gasteiger partial charge in [0.05, 0.1) is 17.2 Å². The highest BCUT2D eigenvalue weighted by Gasteiger charge is 2.21. The predicted molar refractivity (Wildman–Crippen MR) is 93.5 cm³/mol. The quantitative estimate of drug-likeness (QED) is 0.730. The number of nitrogens with one attached hydrogen (secondary N) is 1. The highest BCUT2D eigenvalue weighted by Crippen LogP contribution is 2.13. The van der Waals surface area contributed by atoms with Crippen LogP contribution in [0.3, 0.4) is 0 Å². The third-order valence-corrected chi connectivity index (χ3v) is 5.08. The van der Waals surface area contributed by atoms with Gasteiger partial charge in [-0.3, -0.25) is 13.8 Å². The van der Waals surface area contributed by atoms with Crippen LogP contribution in [-0.2, 0) is 26.8 Å². The van der Waals surface area contributed by atoms with Gasteiger partial charge in [0.15, 0.2) is 0 Å². The van der Waals surface area contributed by atoms with Crippen LogP contribution in [0.4, 0.5) is 8.78 Å². The van der Waals surface area contributed by atoms with E-state index in [2.05, 4.69) is 5.32 Å². The van der Waals surface area contributed by atoms with E-state index < -0.39 is 46.7 Å². The van der Waals surface area contributed by atoms with Gasteiger partial charge in [0.25, 0.3) is 0 Å². The highest BCUT2D eigenvalue weighted by atomic mass is 32.2. The first-order chi connectivity index (χ1) is 12.4. The fourth-order valence-corrected chi connectivity index (χ4v) is 3.45. The molecule has 0 heterocycles. The van der Waals surface area contributed by atoms with Crippen LogP contribution < -0.4 is 11.1 Å². The third-order valence-electron chi connectivity index (χ3n) is 3.68. The molecule has 3 N–H and O–H groups in total. The molecule has 2 rings (SSSR count). The number of halogens is 2. The van der Waals surface area contributed by atoms with Gasteiger partial charge in [-0.1, -0.05) is 24.3 Å². The van der Waals surface area contributed by atoms with Crippen molar-refractivity contribution in [3.05, 3.63) is 65.7 Å². The molecule has 2 atom stereocenters. The van der Waals surface area contributed by atoms with Gasteiger partial charge in [-0.05, 0) is 30.7 Å². The average molecular weight is 380 g/mol. The maximum Gasteiger partial charge on any atom is 0.240 e. The van der Waals surface area contributed by atoms with Gasteiger partial charge in [0, 0.05) is 16.2 Å². The Morgan fingerprint density at radius 2 is 1.65 bits per heavy atom. The number of carbonyl (C=O) groups is 2. The minimum absolute atomic E-state index is 0.0440. The van der Waals surface area contributed by atoms with Crippen molar-refractivity contribution in [3.8, 4) is 0 Å². The zero-order chi connectivity index (χ0) is 19.1.